The quantitative estimate of drug-likeness (QED) is 0.927. The second-order valence-electron chi connectivity index (χ2n) is 6.06. The molecule has 0 saturated carbocycles. The third-order valence-corrected chi connectivity index (χ3v) is 4.63. The number of hydrogen-bond donors (Lipinski definition) is 1. The lowest BCUT2D eigenvalue weighted by molar-refractivity contribution is -0.145. The van der Waals surface area contributed by atoms with Crippen LogP contribution in [0.2, 0.25) is 0 Å². The fourth-order valence-corrected chi connectivity index (χ4v) is 3.12. The Balaban J connectivity index is 1.71. The first-order valence-corrected chi connectivity index (χ1v) is 8.02. The maximum Gasteiger partial charge on any atom is 0.415 e. The topological polar surface area (TPSA) is 66.8 Å². The lowest BCUT2D eigenvalue weighted by Gasteiger charge is -2.38. The number of amides is 1. The number of ether oxygens (including phenoxy) is 1. The third kappa shape index (κ3) is 3.47. The Labute approximate surface area is 144 Å². The van der Waals surface area contributed by atoms with E-state index in [-0.39, 0.29) is 25.9 Å². The van der Waals surface area contributed by atoms with Gasteiger partial charge >= 0.3 is 12.1 Å². The van der Waals surface area contributed by atoms with Crippen LogP contribution >= 0.6 is 0 Å². The molecule has 6 heteroatoms. The zero-order valence-corrected chi connectivity index (χ0v) is 13.5. The van der Waals surface area contributed by atoms with E-state index in [0.29, 0.717) is 11.3 Å². The highest BCUT2D eigenvalue weighted by atomic mass is 19.1. The van der Waals surface area contributed by atoms with Crippen molar-refractivity contribution in [3.05, 3.63) is 66.0 Å². The van der Waals surface area contributed by atoms with Gasteiger partial charge in [0.1, 0.15) is 11.6 Å². The lowest BCUT2D eigenvalue weighted by Crippen LogP contribution is -2.49. The highest BCUT2D eigenvalue weighted by Crippen LogP contribution is 2.36. The fraction of sp³-hybridized carbons (Fsp3) is 0.263. The van der Waals surface area contributed by atoms with E-state index >= 15 is 0 Å². The maximum atomic E-state index is 13.1. The third-order valence-electron chi connectivity index (χ3n) is 4.63. The van der Waals surface area contributed by atoms with Crippen LogP contribution in [0.25, 0.3) is 0 Å². The number of aliphatic carboxylic acids is 1. The lowest BCUT2D eigenvalue weighted by atomic mass is 9.73. The number of carbonyl (C=O) groups excluding carboxylic acids is 1. The average Bonchev–Trinajstić information content (AvgIpc) is 2.63. The Morgan fingerprint density at radius 3 is 2.16 bits per heavy atom. The molecule has 1 aliphatic heterocycles. The average molecular weight is 343 g/mol. The number of rotatable bonds is 3. The number of carbonyl (C=O) groups is 2. The van der Waals surface area contributed by atoms with Crippen molar-refractivity contribution in [1.29, 1.82) is 0 Å². The van der Waals surface area contributed by atoms with Gasteiger partial charge in [0.25, 0.3) is 0 Å². The molecule has 1 heterocycles. The second-order valence-corrected chi connectivity index (χ2v) is 6.06. The standard InChI is InChI=1S/C19H18FNO4/c20-15-8-6-14(7-9-15)19(17(22)23)10-12-21(13-11-19)18(24)25-16-4-2-1-3-5-16/h1-9H,10-13H2,(H,22,23). The summed E-state index contributed by atoms with van der Waals surface area (Å²) < 4.78 is 18.4. The Bertz CT molecular complexity index is 753. The summed E-state index contributed by atoms with van der Waals surface area (Å²) in [4.78, 5) is 25.6. The van der Waals surface area contributed by atoms with Crippen molar-refractivity contribution in [2.24, 2.45) is 0 Å². The van der Waals surface area contributed by atoms with Crippen molar-refractivity contribution in [3.63, 3.8) is 0 Å². The van der Waals surface area contributed by atoms with Crippen molar-refractivity contribution in [2.75, 3.05) is 13.1 Å². The van der Waals surface area contributed by atoms with Gasteiger partial charge < -0.3 is 14.7 Å². The molecule has 0 aliphatic carbocycles. The molecule has 1 aliphatic rings. The Kier molecular flexibility index (Phi) is 4.70. The molecule has 2 aromatic carbocycles. The molecule has 1 N–H and O–H groups in total. The summed E-state index contributed by atoms with van der Waals surface area (Å²) >= 11 is 0. The normalized spacial score (nSPS) is 16.3. The van der Waals surface area contributed by atoms with Crippen molar-refractivity contribution < 1.29 is 23.8 Å². The monoisotopic (exact) mass is 343 g/mol. The van der Waals surface area contributed by atoms with Crippen LogP contribution in [0.3, 0.4) is 0 Å². The van der Waals surface area contributed by atoms with Gasteiger partial charge in [-0.15, -0.1) is 0 Å². The minimum absolute atomic E-state index is 0.248. The predicted octanol–water partition coefficient (Wildman–Crippen LogP) is 3.44. The van der Waals surface area contributed by atoms with Gasteiger partial charge in [-0.2, -0.15) is 0 Å². The minimum Gasteiger partial charge on any atom is -0.481 e. The number of likely N-dealkylation sites (tertiary alicyclic amines) is 1. The number of piperidine rings is 1. The highest BCUT2D eigenvalue weighted by molar-refractivity contribution is 5.82. The molecule has 5 nitrogen and oxygen atoms in total. The Morgan fingerprint density at radius 1 is 1.00 bits per heavy atom. The van der Waals surface area contributed by atoms with Gasteiger partial charge in [0, 0.05) is 13.1 Å². The van der Waals surface area contributed by atoms with Gasteiger partial charge in [0.15, 0.2) is 0 Å². The summed E-state index contributed by atoms with van der Waals surface area (Å²) in [6, 6.07) is 14.2. The number of halogens is 1. The summed E-state index contributed by atoms with van der Waals surface area (Å²) in [5.74, 6) is -0.926. The molecular formula is C19H18FNO4. The van der Waals surface area contributed by atoms with E-state index in [0.717, 1.165) is 0 Å². The van der Waals surface area contributed by atoms with E-state index in [9.17, 15) is 19.1 Å². The van der Waals surface area contributed by atoms with E-state index < -0.39 is 23.3 Å². The number of carboxylic acid groups (broad SMARTS) is 1. The van der Waals surface area contributed by atoms with E-state index in [4.69, 9.17) is 4.74 Å². The van der Waals surface area contributed by atoms with Crippen molar-refractivity contribution in [3.8, 4) is 5.75 Å². The molecule has 2 aromatic rings. The first-order chi connectivity index (χ1) is 12.0. The molecule has 0 unspecified atom stereocenters. The molecular weight excluding hydrogens is 325 g/mol. The van der Waals surface area contributed by atoms with Gasteiger partial charge in [-0.1, -0.05) is 30.3 Å². The molecule has 1 fully saturated rings. The minimum atomic E-state index is -1.11. The van der Waals surface area contributed by atoms with Gasteiger partial charge in [0.05, 0.1) is 5.41 Å². The van der Waals surface area contributed by atoms with Crippen LogP contribution in [0.15, 0.2) is 54.6 Å². The molecule has 1 amide bonds. The number of para-hydroxylation sites is 1. The highest BCUT2D eigenvalue weighted by Gasteiger charge is 2.44. The summed E-state index contributed by atoms with van der Waals surface area (Å²) in [6.07, 6.45) is -0.000278. The van der Waals surface area contributed by atoms with Crippen LogP contribution in [0.5, 0.6) is 5.75 Å². The molecule has 1 saturated heterocycles. The largest absolute Gasteiger partial charge is 0.481 e. The van der Waals surface area contributed by atoms with Gasteiger partial charge in [-0.05, 0) is 42.7 Å². The van der Waals surface area contributed by atoms with Crippen LogP contribution in [-0.2, 0) is 10.2 Å². The van der Waals surface area contributed by atoms with Crippen LogP contribution < -0.4 is 4.74 Å². The van der Waals surface area contributed by atoms with Crippen molar-refractivity contribution in [1.82, 2.24) is 4.90 Å². The number of nitrogens with zero attached hydrogens (tertiary/aromatic N) is 1. The summed E-state index contributed by atoms with van der Waals surface area (Å²) in [6.45, 7) is 0.519. The van der Waals surface area contributed by atoms with Crippen molar-refractivity contribution in [2.45, 2.75) is 18.3 Å². The zero-order chi connectivity index (χ0) is 17.9. The van der Waals surface area contributed by atoms with Gasteiger partial charge in [-0.3, -0.25) is 4.79 Å². The number of benzene rings is 2. The predicted molar refractivity (Wildman–Crippen MR) is 89.0 cm³/mol. The first-order valence-electron chi connectivity index (χ1n) is 8.02. The molecule has 3 rings (SSSR count). The molecule has 0 atom stereocenters. The van der Waals surface area contributed by atoms with Gasteiger partial charge in [-0.25, -0.2) is 9.18 Å². The summed E-state index contributed by atoms with van der Waals surface area (Å²) in [7, 11) is 0. The van der Waals surface area contributed by atoms with E-state index in [1.165, 1.54) is 29.2 Å². The Hall–Kier alpha value is -2.89. The molecule has 130 valence electrons. The first kappa shape index (κ1) is 17.0. The van der Waals surface area contributed by atoms with E-state index in [1.807, 2.05) is 6.07 Å². The molecule has 0 radical (unpaired) electrons. The SMILES string of the molecule is O=C(Oc1ccccc1)N1CCC(C(=O)O)(c2ccc(F)cc2)CC1. The van der Waals surface area contributed by atoms with Crippen LogP contribution in [0, 0.1) is 5.82 Å². The Morgan fingerprint density at radius 2 is 1.60 bits per heavy atom. The van der Waals surface area contributed by atoms with Crippen LogP contribution in [0.4, 0.5) is 9.18 Å². The van der Waals surface area contributed by atoms with Crippen LogP contribution in [0.1, 0.15) is 18.4 Å². The summed E-state index contributed by atoms with van der Waals surface area (Å²) in [5, 5.41) is 9.74. The summed E-state index contributed by atoms with van der Waals surface area (Å²) in [5.41, 5.74) is -0.561. The van der Waals surface area contributed by atoms with E-state index in [2.05, 4.69) is 0 Å². The van der Waals surface area contributed by atoms with Gasteiger partial charge in [0.2, 0.25) is 0 Å². The second kappa shape index (κ2) is 6.93. The fourth-order valence-electron chi connectivity index (χ4n) is 3.12. The maximum absolute atomic E-state index is 13.1. The molecule has 25 heavy (non-hydrogen) atoms. The number of carboxylic acids is 1. The van der Waals surface area contributed by atoms with E-state index in [1.54, 1.807) is 24.3 Å². The number of hydrogen-bond acceptors (Lipinski definition) is 3. The smallest absolute Gasteiger partial charge is 0.415 e. The zero-order valence-electron chi connectivity index (χ0n) is 13.5. The molecule has 0 spiro atoms. The van der Waals surface area contributed by atoms with Crippen molar-refractivity contribution >= 4 is 12.1 Å². The van der Waals surface area contributed by atoms with Crippen LogP contribution in [-0.4, -0.2) is 35.2 Å². The molecule has 0 aromatic heterocycles. The molecule has 0 bridgehead atoms.